The van der Waals surface area contributed by atoms with E-state index in [4.69, 9.17) is 16.4 Å². The van der Waals surface area contributed by atoms with Crippen molar-refractivity contribution in [2.75, 3.05) is 10.6 Å². The van der Waals surface area contributed by atoms with Crippen LogP contribution in [0.25, 0.3) is 0 Å². The third-order valence-corrected chi connectivity index (χ3v) is 3.90. The molecule has 1 atom stereocenters. The Morgan fingerprint density at radius 1 is 1.15 bits per heavy atom. The first-order chi connectivity index (χ1) is 12.8. The molecular weight excluding hydrogens is 373 g/mol. The summed E-state index contributed by atoms with van der Waals surface area (Å²) in [5, 5.41) is 8.75. The number of nitrogens with one attached hydrogen (secondary N) is 2. The zero-order chi connectivity index (χ0) is 20.0. The van der Waals surface area contributed by atoms with E-state index in [-0.39, 0.29) is 10.7 Å². The molecule has 2 rings (SSSR count). The van der Waals surface area contributed by atoms with Crippen molar-refractivity contribution in [3.63, 3.8) is 0 Å². The van der Waals surface area contributed by atoms with Gasteiger partial charge in [0, 0.05) is 5.69 Å². The van der Waals surface area contributed by atoms with Gasteiger partial charge in [0.05, 0.1) is 10.7 Å². The Hall–Kier alpha value is -2.93. The normalized spacial score (nSPS) is 11.9. The van der Waals surface area contributed by atoms with Crippen LogP contribution in [-0.2, 0) is 14.4 Å². The first kappa shape index (κ1) is 20.4. The van der Waals surface area contributed by atoms with E-state index in [1.165, 1.54) is 19.1 Å². The van der Waals surface area contributed by atoms with Gasteiger partial charge in [-0.2, -0.15) is 0 Å². The molecule has 0 saturated heterocycles. The van der Waals surface area contributed by atoms with Crippen LogP contribution < -0.4 is 10.6 Å². The fourth-order valence-corrected chi connectivity index (χ4v) is 2.38. The third-order valence-electron chi connectivity index (χ3n) is 3.59. The van der Waals surface area contributed by atoms with Crippen molar-refractivity contribution < 1.29 is 18.8 Å². The van der Waals surface area contributed by atoms with Crippen LogP contribution in [0, 0.1) is 19.7 Å². The minimum atomic E-state index is -0.990. The molecule has 0 radical (unpaired) electrons. The molecule has 0 aromatic heterocycles. The topological polar surface area (TPSA) is 79.8 Å². The summed E-state index contributed by atoms with van der Waals surface area (Å²) < 4.78 is 13.0. The highest BCUT2D eigenvalue weighted by Gasteiger charge is 2.16. The zero-order valence-corrected chi connectivity index (χ0v) is 15.8. The van der Waals surface area contributed by atoms with Crippen LogP contribution >= 0.6 is 11.6 Å². The largest absolute Gasteiger partial charge is 0.383 e. The predicted molar refractivity (Wildman–Crippen MR) is 104 cm³/mol. The number of hydrogen-bond donors (Lipinski definition) is 2. The number of oxime groups is 1. The van der Waals surface area contributed by atoms with E-state index >= 15 is 0 Å². The number of carbonyl (C=O) groups excluding carboxylic acids is 2. The van der Waals surface area contributed by atoms with Gasteiger partial charge in [0.2, 0.25) is 6.10 Å². The average molecular weight is 392 g/mol. The lowest BCUT2D eigenvalue weighted by molar-refractivity contribution is -0.126. The fraction of sp³-hybridized carbons (Fsp3) is 0.211. The zero-order valence-electron chi connectivity index (χ0n) is 15.0. The number of anilines is 2. The van der Waals surface area contributed by atoms with Gasteiger partial charge in [-0.15, -0.1) is 0 Å². The number of carbonyl (C=O) groups is 2. The summed E-state index contributed by atoms with van der Waals surface area (Å²) in [4.78, 5) is 28.9. The van der Waals surface area contributed by atoms with Crippen LogP contribution in [0.5, 0.6) is 0 Å². The maximum atomic E-state index is 13.0. The Bertz CT molecular complexity index is 886. The molecule has 27 heavy (non-hydrogen) atoms. The Morgan fingerprint density at radius 2 is 1.85 bits per heavy atom. The van der Waals surface area contributed by atoms with E-state index in [9.17, 15) is 14.0 Å². The van der Waals surface area contributed by atoms with Gasteiger partial charge in [0.15, 0.2) is 0 Å². The van der Waals surface area contributed by atoms with Crippen LogP contribution in [0.15, 0.2) is 41.6 Å². The standard InChI is InChI=1S/C19H19ClFN3O3/c1-11-4-6-16(12(2)8-11)23-18(25)10-22-27-13(3)19(26)24-17-7-5-14(21)9-15(17)20/h4-10,13H,1-3H3,(H,23,25)(H,24,26)/b22-10-/t13-/m0/s1. The lowest BCUT2D eigenvalue weighted by atomic mass is 10.1. The molecule has 142 valence electrons. The lowest BCUT2D eigenvalue weighted by Gasteiger charge is -2.11. The molecule has 0 aliphatic carbocycles. The van der Waals surface area contributed by atoms with E-state index in [2.05, 4.69) is 15.8 Å². The van der Waals surface area contributed by atoms with Gasteiger partial charge in [0.1, 0.15) is 12.0 Å². The smallest absolute Gasteiger partial charge is 0.270 e. The molecule has 0 aliphatic heterocycles. The highest BCUT2D eigenvalue weighted by Crippen LogP contribution is 2.22. The molecule has 2 aromatic carbocycles. The van der Waals surface area contributed by atoms with Crippen LogP contribution in [0.1, 0.15) is 18.1 Å². The highest BCUT2D eigenvalue weighted by molar-refractivity contribution is 6.33. The van der Waals surface area contributed by atoms with Gasteiger partial charge in [0.25, 0.3) is 11.8 Å². The Kier molecular flexibility index (Phi) is 6.90. The van der Waals surface area contributed by atoms with E-state index in [1.54, 1.807) is 6.07 Å². The number of halogens is 2. The summed E-state index contributed by atoms with van der Waals surface area (Å²) in [5.41, 5.74) is 2.91. The number of hydrogen-bond acceptors (Lipinski definition) is 4. The molecule has 0 heterocycles. The Morgan fingerprint density at radius 3 is 2.52 bits per heavy atom. The molecule has 0 bridgehead atoms. The second-order valence-corrected chi connectivity index (χ2v) is 6.31. The Balaban J connectivity index is 1.86. The van der Waals surface area contributed by atoms with Crippen LogP contribution in [0.3, 0.4) is 0 Å². The Labute approximate surface area is 161 Å². The van der Waals surface area contributed by atoms with Crippen molar-refractivity contribution in [3.05, 3.63) is 58.4 Å². The fourth-order valence-electron chi connectivity index (χ4n) is 2.16. The molecule has 6 nitrogen and oxygen atoms in total. The lowest BCUT2D eigenvalue weighted by Crippen LogP contribution is -2.26. The van der Waals surface area contributed by atoms with Gasteiger partial charge in [-0.25, -0.2) is 4.39 Å². The van der Waals surface area contributed by atoms with Crippen LogP contribution in [-0.4, -0.2) is 24.1 Å². The summed E-state index contributed by atoms with van der Waals surface area (Å²) in [6.45, 7) is 5.29. The highest BCUT2D eigenvalue weighted by atomic mass is 35.5. The molecule has 2 N–H and O–H groups in total. The molecule has 0 aliphatic rings. The predicted octanol–water partition coefficient (Wildman–Crippen LogP) is 4.06. The van der Waals surface area contributed by atoms with Crippen molar-refractivity contribution in [2.24, 2.45) is 5.16 Å². The van der Waals surface area contributed by atoms with Gasteiger partial charge in [-0.05, 0) is 50.6 Å². The van der Waals surface area contributed by atoms with E-state index in [0.29, 0.717) is 5.69 Å². The van der Waals surface area contributed by atoms with Crippen molar-refractivity contribution in [2.45, 2.75) is 26.9 Å². The summed E-state index contributed by atoms with van der Waals surface area (Å²) >= 11 is 5.85. The molecule has 0 unspecified atom stereocenters. The first-order valence-electron chi connectivity index (χ1n) is 8.09. The van der Waals surface area contributed by atoms with Crippen molar-refractivity contribution >= 4 is 41.0 Å². The van der Waals surface area contributed by atoms with Crippen molar-refractivity contribution in [1.82, 2.24) is 0 Å². The summed E-state index contributed by atoms with van der Waals surface area (Å²) in [5.74, 6) is -1.55. The van der Waals surface area contributed by atoms with E-state index in [0.717, 1.165) is 23.4 Å². The minimum absolute atomic E-state index is 0.0619. The molecule has 2 aromatic rings. The quantitative estimate of drug-likeness (QED) is 0.575. The van der Waals surface area contributed by atoms with Crippen molar-refractivity contribution in [3.8, 4) is 0 Å². The second-order valence-electron chi connectivity index (χ2n) is 5.90. The molecule has 2 amide bonds. The van der Waals surface area contributed by atoms with E-state index in [1.807, 2.05) is 26.0 Å². The number of nitrogens with zero attached hydrogens (tertiary/aromatic N) is 1. The first-order valence-corrected chi connectivity index (χ1v) is 8.47. The van der Waals surface area contributed by atoms with Crippen LogP contribution in [0.4, 0.5) is 15.8 Å². The summed E-state index contributed by atoms with van der Waals surface area (Å²) in [6, 6.07) is 9.20. The van der Waals surface area contributed by atoms with Gasteiger partial charge in [-0.1, -0.05) is 34.5 Å². The van der Waals surface area contributed by atoms with Gasteiger partial charge in [-0.3, -0.25) is 9.59 Å². The minimum Gasteiger partial charge on any atom is -0.383 e. The molecule has 0 saturated carbocycles. The molecule has 8 heteroatoms. The summed E-state index contributed by atoms with van der Waals surface area (Å²) in [6.07, 6.45) is -0.0511. The van der Waals surface area contributed by atoms with E-state index < -0.39 is 23.7 Å². The second kappa shape index (κ2) is 9.14. The number of rotatable bonds is 6. The van der Waals surface area contributed by atoms with Crippen LogP contribution in [0.2, 0.25) is 5.02 Å². The van der Waals surface area contributed by atoms with Gasteiger partial charge < -0.3 is 15.5 Å². The molecule has 0 fully saturated rings. The monoisotopic (exact) mass is 391 g/mol. The average Bonchev–Trinajstić information content (AvgIpc) is 2.59. The number of aryl methyl sites for hydroxylation is 2. The van der Waals surface area contributed by atoms with Gasteiger partial charge >= 0.3 is 0 Å². The maximum Gasteiger partial charge on any atom is 0.270 e. The van der Waals surface area contributed by atoms with Crippen molar-refractivity contribution in [1.29, 1.82) is 0 Å². The molecular formula is C19H19ClFN3O3. The number of benzene rings is 2. The maximum absolute atomic E-state index is 13.0. The molecule has 0 spiro atoms. The SMILES string of the molecule is Cc1ccc(NC(=O)/C=N\O[C@@H](C)C(=O)Nc2ccc(F)cc2Cl)c(C)c1. The number of amides is 2. The summed E-state index contributed by atoms with van der Waals surface area (Å²) in [7, 11) is 0. The third kappa shape index (κ3) is 6.07.